The van der Waals surface area contributed by atoms with Crippen molar-refractivity contribution in [3.63, 3.8) is 0 Å². The largest absolute Gasteiger partial charge is 0.490 e. The number of hydrogen-bond acceptors (Lipinski definition) is 5. The number of carboxylic acid groups (broad SMARTS) is 2. The number of alkyl halides is 3. The highest BCUT2D eigenvalue weighted by molar-refractivity contribution is 5.73. The van der Waals surface area contributed by atoms with Crippen molar-refractivity contribution < 1.29 is 37.5 Å². The summed E-state index contributed by atoms with van der Waals surface area (Å²) in [5, 5.41) is 19.8. The van der Waals surface area contributed by atoms with Crippen LogP contribution in [-0.4, -0.2) is 46.6 Å². The summed E-state index contributed by atoms with van der Waals surface area (Å²) in [7, 11) is 0. The van der Waals surface area contributed by atoms with Crippen molar-refractivity contribution in [1.29, 1.82) is 0 Å². The van der Waals surface area contributed by atoms with Crippen molar-refractivity contribution in [2.24, 2.45) is 5.92 Å². The third-order valence-electron chi connectivity index (χ3n) is 3.26. The van der Waals surface area contributed by atoms with Gasteiger partial charge in [0.05, 0.1) is 0 Å². The summed E-state index contributed by atoms with van der Waals surface area (Å²) < 4.78 is 36.8. The summed E-state index contributed by atoms with van der Waals surface area (Å²) in [6.45, 7) is 3.60. The Labute approximate surface area is 129 Å². The molecular weight excluding hydrogens is 321 g/mol. The molecule has 2 heterocycles. The van der Waals surface area contributed by atoms with Crippen LogP contribution in [0.15, 0.2) is 10.6 Å². The zero-order valence-corrected chi connectivity index (χ0v) is 12.3. The van der Waals surface area contributed by atoms with E-state index in [2.05, 4.69) is 10.1 Å². The molecule has 7 nitrogen and oxygen atoms in total. The van der Waals surface area contributed by atoms with Crippen LogP contribution >= 0.6 is 0 Å². The van der Waals surface area contributed by atoms with Gasteiger partial charge in [-0.15, -0.1) is 0 Å². The van der Waals surface area contributed by atoms with Crippen LogP contribution in [0.2, 0.25) is 0 Å². The van der Waals surface area contributed by atoms with Crippen LogP contribution in [0.1, 0.15) is 25.0 Å². The maximum atomic E-state index is 10.6. The smallest absolute Gasteiger partial charge is 0.481 e. The van der Waals surface area contributed by atoms with Crippen molar-refractivity contribution in [1.82, 2.24) is 5.16 Å². The molecule has 1 saturated heterocycles. The van der Waals surface area contributed by atoms with E-state index in [0.717, 1.165) is 37.5 Å². The quantitative estimate of drug-likeness (QED) is 0.871. The molecule has 130 valence electrons. The molecule has 10 heteroatoms. The summed E-state index contributed by atoms with van der Waals surface area (Å²) in [5.41, 5.74) is 0. The molecule has 1 aromatic rings. The number of piperidine rings is 1. The number of anilines is 1. The molecule has 0 spiro atoms. The molecule has 0 unspecified atom stereocenters. The number of aromatic nitrogens is 1. The zero-order chi connectivity index (χ0) is 17.6. The Hall–Kier alpha value is -2.26. The molecule has 0 amide bonds. The number of rotatable bonds is 3. The average Bonchev–Trinajstić information content (AvgIpc) is 2.85. The minimum absolute atomic E-state index is 0.283. The second-order valence-electron chi connectivity index (χ2n) is 5.13. The molecule has 1 aliphatic heterocycles. The van der Waals surface area contributed by atoms with Crippen LogP contribution in [0.3, 0.4) is 0 Å². The molecule has 2 N–H and O–H groups in total. The second kappa shape index (κ2) is 7.84. The molecule has 1 aliphatic rings. The molecule has 0 saturated carbocycles. The molecule has 0 atom stereocenters. The van der Waals surface area contributed by atoms with Crippen molar-refractivity contribution in [2.45, 2.75) is 32.4 Å². The van der Waals surface area contributed by atoms with Crippen LogP contribution in [0.5, 0.6) is 0 Å². The molecule has 0 aromatic carbocycles. The predicted octanol–water partition coefficient (Wildman–Crippen LogP) is 2.31. The normalized spacial score (nSPS) is 15.7. The van der Waals surface area contributed by atoms with E-state index in [1.165, 1.54) is 0 Å². The van der Waals surface area contributed by atoms with Gasteiger partial charge in [-0.3, -0.25) is 4.79 Å². The lowest BCUT2D eigenvalue weighted by Crippen LogP contribution is -2.34. The van der Waals surface area contributed by atoms with Crippen molar-refractivity contribution >= 4 is 17.8 Å². The standard InChI is InChI=1S/C11H16N2O3.C2HF3O2/c1-8-6-10(12-16-8)13-4-2-9(3-5-13)7-11(14)15;3-2(4,5)1(6)7/h6,9H,2-5,7H2,1H3,(H,14,15);(H,6,7). The fraction of sp³-hybridized carbons (Fsp3) is 0.615. The van der Waals surface area contributed by atoms with Gasteiger partial charge >= 0.3 is 18.1 Å². The zero-order valence-electron chi connectivity index (χ0n) is 12.3. The van der Waals surface area contributed by atoms with Crippen LogP contribution in [0.4, 0.5) is 19.0 Å². The lowest BCUT2D eigenvalue weighted by molar-refractivity contribution is -0.192. The average molecular weight is 338 g/mol. The third kappa shape index (κ3) is 6.57. The number of hydrogen-bond donors (Lipinski definition) is 2. The van der Waals surface area contributed by atoms with E-state index in [1.54, 1.807) is 0 Å². The summed E-state index contributed by atoms with van der Waals surface area (Å²) in [6, 6.07) is 1.91. The first-order chi connectivity index (χ1) is 10.6. The van der Waals surface area contributed by atoms with Gasteiger partial charge in [-0.1, -0.05) is 5.16 Å². The van der Waals surface area contributed by atoms with Crippen LogP contribution < -0.4 is 4.90 Å². The second-order valence-corrected chi connectivity index (χ2v) is 5.13. The lowest BCUT2D eigenvalue weighted by Gasteiger charge is -2.30. The van der Waals surface area contributed by atoms with E-state index in [4.69, 9.17) is 19.5 Å². The highest BCUT2D eigenvalue weighted by Crippen LogP contribution is 2.24. The highest BCUT2D eigenvalue weighted by atomic mass is 19.4. The van der Waals surface area contributed by atoms with Gasteiger partial charge in [0.2, 0.25) is 0 Å². The van der Waals surface area contributed by atoms with E-state index >= 15 is 0 Å². The van der Waals surface area contributed by atoms with Crippen LogP contribution in [0, 0.1) is 12.8 Å². The Bertz CT molecular complexity index is 536. The minimum atomic E-state index is -5.08. The van der Waals surface area contributed by atoms with Gasteiger partial charge in [0.15, 0.2) is 5.82 Å². The number of aliphatic carboxylic acids is 2. The van der Waals surface area contributed by atoms with Gasteiger partial charge < -0.3 is 19.6 Å². The Morgan fingerprint density at radius 2 is 1.87 bits per heavy atom. The first-order valence-electron chi connectivity index (χ1n) is 6.79. The molecule has 0 aliphatic carbocycles. The van der Waals surface area contributed by atoms with Gasteiger partial charge in [-0.2, -0.15) is 13.2 Å². The van der Waals surface area contributed by atoms with Crippen molar-refractivity contribution in [3.8, 4) is 0 Å². The maximum absolute atomic E-state index is 10.6. The molecule has 0 bridgehead atoms. The van der Waals surface area contributed by atoms with E-state index in [1.807, 2.05) is 13.0 Å². The number of halogens is 3. The van der Waals surface area contributed by atoms with Gasteiger partial charge in [-0.25, -0.2) is 4.79 Å². The summed E-state index contributed by atoms with van der Waals surface area (Å²) in [5.74, 6) is -1.47. The van der Waals surface area contributed by atoms with Gasteiger partial charge in [0.1, 0.15) is 5.76 Å². The monoisotopic (exact) mass is 338 g/mol. The van der Waals surface area contributed by atoms with Crippen LogP contribution in [0.25, 0.3) is 0 Å². The molecule has 1 aromatic heterocycles. The fourth-order valence-corrected chi connectivity index (χ4v) is 2.12. The number of carboxylic acids is 2. The predicted molar refractivity (Wildman–Crippen MR) is 72.1 cm³/mol. The van der Waals surface area contributed by atoms with E-state index in [-0.39, 0.29) is 6.42 Å². The Morgan fingerprint density at radius 1 is 1.35 bits per heavy atom. The third-order valence-corrected chi connectivity index (χ3v) is 3.26. The van der Waals surface area contributed by atoms with Gasteiger partial charge in [0, 0.05) is 25.6 Å². The maximum Gasteiger partial charge on any atom is 0.490 e. The molecule has 2 rings (SSSR count). The van der Waals surface area contributed by atoms with E-state index in [0.29, 0.717) is 5.92 Å². The molecule has 23 heavy (non-hydrogen) atoms. The van der Waals surface area contributed by atoms with Crippen molar-refractivity contribution in [2.75, 3.05) is 18.0 Å². The van der Waals surface area contributed by atoms with E-state index < -0.39 is 18.1 Å². The van der Waals surface area contributed by atoms with Crippen molar-refractivity contribution in [3.05, 3.63) is 11.8 Å². The number of carbonyl (C=O) groups is 2. The Balaban J connectivity index is 0.000000322. The Kier molecular flexibility index (Phi) is 6.40. The molecule has 1 fully saturated rings. The summed E-state index contributed by atoms with van der Waals surface area (Å²) >= 11 is 0. The summed E-state index contributed by atoms with van der Waals surface area (Å²) in [6.07, 6.45) is -2.97. The minimum Gasteiger partial charge on any atom is -0.481 e. The topological polar surface area (TPSA) is 104 Å². The summed E-state index contributed by atoms with van der Waals surface area (Å²) in [4.78, 5) is 21.6. The highest BCUT2D eigenvalue weighted by Gasteiger charge is 2.38. The first-order valence-corrected chi connectivity index (χ1v) is 6.79. The number of nitrogens with zero attached hydrogens (tertiary/aromatic N) is 2. The fourth-order valence-electron chi connectivity index (χ4n) is 2.12. The number of aryl methyl sites for hydroxylation is 1. The molecule has 0 radical (unpaired) electrons. The van der Waals surface area contributed by atoms with Gasteiger partial charge in [0.25, 0.3) is 0 Å². The van der Waals surface area contributed by atoms with Crippen LogP contribution in [-0.2, 0) is 9.59 Å². The lowest BCUT2D eigenvalue weighted by atomic mass is 9.94. The molecular formula is C13H17F3N2O5. The Morgan fingerprint density at radius 3 is 2.22 bits per heavy atom. The van der Waals surface area contributed by atoms with E-state index in [9.17, 15) is 18.0 Å². The first kappa shape index (κ1) is 18.8. The SMILES string of the molecule is Cc1cc(N2CCC(CC(=O)O)CC2)no1.O=C(O)C(F)(F)F. The van der Waals surface area contributed by atoms with Gasteiger partial charge in [-0.05, 0) is 25.7 Å².